The lowest BCUT2D eigenvalue weighted by Gasteiger charge is -2.23. The second-order valence-corrected chi connectivity index (χ2v) is 7.93. The van der Waals surface area contributed by atoms with Crippen molar-refractivity contribution in [1.29, 1.82) is 0 Å². The van der Waals surface area contributed by atoms with E-state index in [0.29, 0.717) is 29.6 Å². The number of halogens is 2. The molecule has 0 N–H and O–H groups in total. The first-order valence-electron chi connectivity index (χ1n) is 9.62. The Morgan fingerprint density at radius 2 is 1.53 bits per heavy atom. The van der Waals surface area contributed by atoms with Crippen molar-refractivity contribution in [3.8, 4) is 0 Å². The zero-order valence-electron chi connectivity index (χ0n) is 16.2. The van der Waals surface area contributed by atoms with Crippen molar-refractivity contribution in [3.63, 3.8) is 0 Å². The fourth-order valence-corrected chi connectivity index (χ4v) is 3.86. The predicted octanol–water partition coefficient (Wildman–Crippen LogP) is 5.27. The third kappa shape index (κ3) is 4.35. The number of carbonyl (C=O) groups is 2. The van der Waals surface area contributed by atoms with Gasteiger partial charge in [0, 0.05) is 28.7 Å². The van der Waals surface area contributed by atoms with Crippen LogP contribution in [0.5, 0.6) is 0 Å². The van der Waals surface area contributed by atoms with Crippen LogP contribution < -0.4 is 4.90 Å². The van der Waals surface area contributed by atoms with Crippen molar-refractivity contribution in [3.05, 3.63) is 100 Å². The van der Waals surface area contributed by atoms with Gasteiger partial charge in [-0.2, -0.15) is 0 Å². The summed E-state index contributed by atoms with van der Waals surface area (Å²) in [6.45, 7) is 0.808. The van der Waals surface area contributed by atoms with E-state index in [0.717, 1.165) is 22.4 Å². The van der Waals surface area contributed by atoms with E-state index < -0.39 is 0 Å². The quantitative estimate of drug-likeness (QED) is 0.520. The summed E-state index contributed by atoms with van der Waals surface area (Å²) in [4.78, 5) is 29.6. The number of carbonyl (C=O) groups excluding carboxylic acids is 2. The third-order valence-electron chi connectivity index (χ3n) is 5.17. The normalized spacial score (nSPS) is 13.7. The average Bonchev–Trinajstić information content (AvgIpc) is 2.91. The Morgan fingerprint density at radius 1 is 0.867 bits per heavy atom. The molecule has 152 valence electrons. The summed E-state index contributed by atoms with van der Waals surface area (Å²) in [7, 11) is 0. The van der Waals surface area contributed by atoms with Crippen LogP contribution in [0, 0.1) is 0 Å². The minimum atomic E-state index is -0.192. The molecule has 4 rings (SSSR count). The van der Waals surface area contributed by atoms with Gasteiger partial charge in [-0.25, -0.2) is 0 Å². The molecule has 6 heteroatoms. The van der Waals surface area contributed by atoms with E-state index in [1.54, 1.807) is 34.1 Å². The third-order valence-corrected chi connectivity index (χ3v) is 5.73. The van der Waals surface area contributed by atoms with Gasteiger partial charge in [0.1, 0.15) is 6.54 Å². The second-order valence-electron chi connectivity index (χ2n) is 7.23. The number of anilines is 1. The van der Waals surface area contributed by atoms with E-state index >= 15 is 0 Å². The minimum Gasteiger partial charge on any atom is -0.325 e. The van der Waals surface area contributed by atoms with Gasteiger partial charge in [0.25, 0.3) is 5.91 Å². The second kappa shape index (κ2) is 8.90. The number of rotatable bonds is 4. The van der Waals surface area contributed by atoms with Crippen molar-refractivity contribution < 1.29 is 9.59 Å². The summed E-state index contributed by atoms with van der Waals surface area (Å²) in [5.41, 5.74) is 4.31. The molecule has 2 amide bonds. The Balaban J connectivity index is 1.63. The van der Waals surface area contributed by atoms with Crippen LogP contribution in [0.4, 0.5) is 5.69 Å². The Morgan fingerprint density at radius 3 is 2.23 bits per heavy atom. The Bertz CT molecular complexity index is 1070. The van der Waals surface area contributed by atoms with Crippen molar-refractivity contribution in [2.45, 2.75) is 19.0 Å². The van der Waals surface area contributed by atoms with Crippen LogP contribution in [0.25, 0.3) is 0 Å². The smallest absolute Gasteiger partial charge is 0.254 e. The van der Waals surface area contributed by atoms with Crippen LogP contribution in [-0.4, -0.2) is 23.3 Å². The van der Waals surface area contributed by atoms with Gasteiger partial charge < -0.3 is 9.80 Å². The number of fused-ring (bicyclic) bond motifs is 1. The number of benzene rings is 3. The number of nitrogens with zero attached hydrogens (tertiary/aromatic N) is 2. The number of hydrogen-bond donors (Lipinski definition) is 0. The lowest BCUT2D eigenvalue weighted by Crippen LogP contribution is -2.39. The zero-order chi connectivity index (χ0) is 21.1. The van der Waals surface area contributed by atoms with Gasteiger partial charge in [0.15, 0.2) is 0 Å². The maximum Gasteiger partial charge on any atom is 0.254 e. The Labute approximate surface area is 185 Å². The van der Waals surface area contributed by atoms with Crippen molar-refractivity contribution in [1.82, 2.24) is 4.90 Å². The molecule has 1 heterocycles. The molecule has 0 radical (unpaired) electrons. The molecule has 0 saturated heterocycles. The van der Waals surface area contributed by atoms with Crippen LogP contribution in [0.15, 0.2) is 72.8 Å². The van der Waals surface area contributed by atoms with Crippen LogP contribution in [0.3, 0.4) is 0 Å². The summed E-state index contributed by atoms with van der Waals surface area (Å²) in [5, 5.41) is 0.565. The molecule has 0 bridgehead atoms. The summed E-state index contributed by atoms with van der Waals surface area (Å²) in [6, 6.07) is 22.3. The van der Waals surface area contributed by atoms with Crippen molar-refractivity contribution >= 4 is 40.7 Å². The van der Waals surface area contributed by atoms with Crippen LogP contribution in [-0.2, 0) is 23.8 Å². The maximum atomic E-state index is 13.2. The van der Waals surface area contributed by atoms with Gasteiger partial charge in [-0.05, 0) is 47.0 Å². The number of para-hydroxylation sites is 1. The molecule has 0 unspecified atom stereocenters. The van der Waals surface area contributed by atoms with E-state index in [-0.39, 0.29) is 18.4 Å². The molecular formula is C24H20Cl2N2O2. The van der Waals surface area contributed by atoms with Crippen LogP contribution in [0.2, 0.25) is 5.02 Å². The molecule has 0 fully saturated rings. The standard InChI is InChI=1S/C24H20Cl2N2O2/c25-13-17-5-7-18(8-6-17)14-28-22-4-2-1-3-20(22)15-27(16-23(28)29)24(30)19-9-11-21(26)12-10-19/h1-12H,13-16H2. The van der Waals surface area contributed by atoms with Gasteiger partial charge in [-0.15, -0.1) is 11.6 Å². The molecular weight excluding hydrogens is 419 g/mol. The van der Waals surface area contributed by atoms with E-state index in [1.807, 2.05) is 48.5 Å². The summed E-state index contributed by atoms with van der Waals surface area (Å²) in [5.74, 6) is 0.139. The van der Waals surface area contributed by atoms with Crippen molar-refractivity contribution in [2.75, 3.05) is 11.4 Å². The highest BCUT2D eigenvalue weighted by molar-refractivity contribution is 6.30. The molecule has 3 aromatic carbocycles. The maximum absolute atomic E-state index is 13.2. The van der Waals surface area contributed by atoms with Gasteiger partial charge in [0.2, 0.25) is 5.91 Å². The van der Waals surface area contributed by atoms with Gasteiger partial charge in [-0.3, -0.25) is 9.59 Å². The lowest BCUT2D eigenvalue weighted by atomic mass is 10.1. The summed E-state index contributed by atoms with van der Waals surface area (Å²) < 4.78 is 0. The van der Waals surface area contributed by atoms with E-state index in [9.17, 15) is 9.59 Å². The number of alkyl halides is 1. The largest absolute Gasteiger partial charge is 0.325 e. The predicted molar refractivity (Wildman–Crippen MR) is 120 cm³/mol. The average molecular weight is 439 g/mol. The monoisotopic (exact) mass is 438 g/mol. The molecule has 1 aliphatic heterocycles. The van der Waals surface area contributed by atoms with Crippen LogP contribution in [0.1, 0.15) is 27.0 Å². The Kier molecular flexibility index (Phi) is 6.07. The Hall–Kier alpha value is -2.82. The lowest BCUT2D eigenvalue weighted by molar-refractivity contribution is -0.119. The minimum absolute atomic E-state index is 0.00982. The molecule has 1 aliphatic rings. The van der Waals surface area contributed by atoms with Crippen molar-refractivity contribution in [2.24, 2.45) is 0 Å². The SMILES string of the molecule is O=C(c1ccc(Cl)cc1)N1CC(=O)N(Cc2ccc(CCl)cc2)c2ccccc2C1. The molecule has 0 aromatic heterocycles. The summed E-state index contributed by atoms with van der Waals surface area (Å²) in [6.07, 6.45) is 0. The van der Waals surface area contributed by atoms with E-state index in [1.165, 1.54) is 0 Å². The number of hydrogen-bond acceptors (Lipinski definition) is 2. The molecule has 0 spiro atoms. The molecule has 30 heavy (non-hydrogen) atoms. The molecule has 3 aromatic rings. The first-order valence-corrected chi connectivity index (χ1v) is 10.5. The highest BCUT2D eigenvalue weighted by Gasteiger charge is 2.29. The first kappa shape index (κ1) is 20.5. The molecule has 4 nitrogen and oxygen atoms in total. The fourth-order valence-electron chi connectivity index (χ4n) is 3.56. The molecule has 0 atom stereocenters. The van der Waals surface area contributed by atoms with Gasteiger partial charge in [0.05, 0.1) is 6.54 Å². The topological polar surface area (TPSA) is 40.6 Å². The number of amides is 2. The van der Waals surface area contributed by atoms with Gasteiger partial charge >= 0.3 is 0 Å². The first-order chi connectivity index (χ1) is 14.5. The van der Waals surface area contributed by atoms with E-state index in [2.05, 4.69) is 0 Å². The summed E-state index contributed by atoms with van der Waals surface area (Å²) >= 11 is 11.8. The molecule has 0 aliphatic carbocycles. The highest BCUT2D eigenvalue weighted by Crippen LogP contribution is 2.28. The van der Waals surface area contributed by atoms with Gasteiger partial charge in [-0.1, -0.05) is 54.1 Å². The molecule has 0 saturated carbocycles. The van der Waals surface area contributed by atoms with E-state index in [4.69, 9.17) is 23.2 Å². The van der Waals surface area contributed by atoms with Crippen LogP contribution >= 0.6 is 23.2 Å². The fraction of sp³-hybridized carbons (Fsp3) is 0.167. The zero-order valence-corrected chi connectivity index (χ0v) is 17.7. The highest BCUT2D eigenvalue weighted by atomic mass is 35.5.